The molecule has 1 unspecified atom stereocenters. The maximum Gasteiger partial charge on any atom is 0.269 e. The van der Waals surface area contributed by atoms with Crippen molar-refractivity contribution in [3.63, 3.8) is 0 Å². The zero-order chi connectivity index (χ0) is 10.8. The molecule has 0 saturated carbocycles. The molecule has 2 N–H and O–H groups in total. The van der Waals surface area contributed by atoms with Gasteiger partial charge in [-0.1, -0.05) is 13.3 Å². The Kier molecular flexibility index (Phi) is 2.62. The fraction of sp³-hybridized carbons (Fsp3) is 0.600. The molecule has 1 aliphatic heterocycles. The van der Waals surface area contributed by atoms with E-state index in [4.69, 9.17) is 10.5 Å². The third-order valence-corrected chi connectivity index (χ3v) is 2.56. The van der Waals surface area contributed by atoms with Crippen LogP contribution >= 0.6 is 0 Å². The van der Waals surface area contributed by atoms with Crippen molar-refractivity contribution in [1.29, 1.82) is 0 Å². The summed E-state index contributed by atoms with van der Waals surface area (Å²) in [6, 6.07) is 1.62. The van der Waals surface area contributed by atoms with Gasteiger partial charge in [-0.05, 0) is 6.42 Å². The number of aryl methyl sites for hydroxylation is 1. The maximum atomic E-state index is 10.9. The lowest BCUT2D eigenvalue weighted by Gasteiger charge is -2.23. The quantitative estimate of drug-likeness (QED) is 0.805. The van der Waals surface area contributed by atoms with E-state index in [0.29, 0.717) is 5.88 Å². The van der Waals surface area contributed by atoms with Crippen LogP contribution in [0, 0.1) is 0 Å². The Morgan fingerprint density at radius 1 is 1.80 bits per heavy atom. The molecule has 0 aliphatic carbocycles. The topological polar surface area (TPSA) is 70.1 Å². The van der Waals surface area contributed by atoms with Crippen LogP contribution in [0.15, 0.2) is 6.07 Å². The summed E-state index contributed by atoms with van der Waals surface area (Å²) in [4.78, 5) is 10.9. The summed E-state index contributed by atoms with van der Waals surface area (Å²) < 4.78 is 7.40. The lowest BCUT2D eigenvalue weighted by atomic mass is 10.1. The van der Waals surface area contributed by atoms with Crippen molar-refractivity contribution in [2.24, 2.45) is 5.73 Å². The predicted molar refractivity (Wildman–Crippen MR) is 54.7 cm³/mol. The lowest BCUT2D eigenvalue weighted by Crippen LogP contribution is -2.25. The zero-order valence-corrected chi connectivity index (χ0v) is 8.77. The number of nitrogens with zero attached hydrogens (tertiary/aromatic N) is 2. The Hall–Kier alpha value is -1.52. The summed E-state index contributed by atoms with van der Waals surface area (Å²) in [6.07, 6.45) is 3.33. The molecule has 1 amide bonds. The molecule has 1 aromatic heterocycles. The molecule has 15 heavy (non-hydrogen) atoms. The number of aromatic nitrogens is 2. The fourth-order valence-electron chi connectivity index (χ4n) is 1.80. The first-order valence-corrected chi connectivity index (χ1v) is 5.25. The number of hydrogen-bond acceptors (Lipinski definition) is 3. The summed E-state index contributed by atoms with van der Waals surface area (Å²) in [7, 11) is 0. The minimum absolute atomic E-state index is 0.250. The second-order valence-electron chi connectivity index (χ2n) is 3.77. The molecular formula is C10H15N3O2. The summed E-state index contributed by atoms with van der Waals surface area (Å²) in [6.45, 7) is 2.93. The highest BCUT2D eigenvalue weighted by molar-refractivity contribution is 5.91. The van der Waals surface area contributed by atoms with Crippen molar-refractivity contribution in [2.45, 2.75) is 38.8 Å². The predicted octanol–water partition coefficient (Wildman–Crippen LogP) is 0.933. The van der Waals surface area contributed by atoms with Crippen LogP contribution in [0.2, 0.25) is 0 Å². The van der Waals surface area contributed by atoms with E-state index >= 15 is 0 Å². The Balaban J connectivity index is 2.15. The molecule has 2 rings (SSSR count). The van der Waals surface area contributed by atoms with Crippen LogP contribution in [0.3, 0.4) is 0 Å². The number of amides is 1. The molecule has 5 heteroatoms. The van der Waals surface area contributed by atoms with Gasteiger partial charge < -0.3 is 10.5 Å². The number of fused-ring (bicyclic) bond motifs is 1. The van der Waals surface area contributed by atoms with Gasteiger partial charge in [-0.25, -0.2) is 4.68 Å². The number of carbonyl (C=O) groups excluding carboxylic acids is 1. The van der Waals surface area contributed by atoms with Gasteiger partial charge in [0.15, 0.2) is 5.69 Å². The summed E-state index contributed by atoms with van der Waals surface area (Å²) in [5, 5.41) is 4.06. The molecule has 0 bridgehead atoms. The molecule has 0 spiro atoms. The first kappa shape index (κ1) is 10.0. The summed E-state index contributed by atoms with van der Waals surface area (Å²) in [5.74, 6) is 0.154. The van der Waals surface area contributed by atoms with Gasteiger partial charge in [0.2, 0.25) is 5.88 Å². The van der Waals surface area contributed by atoms with Crippen molar-refractivity contribution in [1.82, 2.24) is 9.78 Å². The Morgan fingerprint density at radius 3 is 3.27 bits per heavy atom. The van der Waals surface area contributed by atoms with Crippen molar-refractivity contribution in [3.05, 3.63) is 11.8 Å². The first-order chi connectivity index (χ1) is 7.20. The van der Waals surface area contributed by atoms with Crippen LogP contribution in [-0.2, 0) is 6.54 Å². The summed E-state index contributed by atoms with van der Waals surface area (Å²) in [5.41, 5.74) is 5.43. The van der Waals surface area contributed by atoms with Crippen molar-refractivity contribution in [2.75, 3.05) is 0 Å². The standard InChI is InChI=1S/C10H15N3O2/c1-2-3-7-4-5-13-9(15-7)6-8(12-13)10(11)14/h6-7H,2-5H2,1H3,(H2,11,14). The van der Waals surface area contributed by atoms with Crippen LogP contribution in [-0.4, -0.2) is 21.8 Å². The maximum absolute atomic E-state index is 10.9. The fourth-order valence-corrected chi connectivity index (χ4v) is 1.80. The second-order valence-corrected chi connectivity index (χ2v) is 3.77. The van der Waals surface area contributed by atoms with Gasteiger partial charge in [0.05, 0.1) is 0 Å². The average molecular weight is 209 g/mol. The molecule has 1 atom stereocenters. The van der Waals surface area contributed by atoms with Crippen molar-refractivity contribution in [3.8, 4) is 5.88 Å². The van der Waals surface area contributed by atoms with Gasteiger partial charge in [-0.15, -0.1) is 0 Å². The molecule has 1 aromatic rings. The SMILES string of the molecule is CCCC1CCn2nc(C(N)=O)cc2O1. The van der Waals surface area contributed by atoms with Gasteiger partial charge in [-0.3, -0.25) is 4.79 Å². The van der Waals surface area contributed by atoms with Gasteiger partial charge in [0.25, 0.3) is 5.91 Å². The Labute approximate surface area is 88.2 Å². The van der Waals surface area contributed by atoms with E-state index in [2.05, 4.69) is 12.0 Å². The number of nitrogens with two attached hydrogens (primary N) is 1. The van der Waals surface area contributed by atoms with E-state index in [0.717, 1.165) is 25.8 Å². The third kappa shape index (κ3) is 1.95. The molecule has 0 aromatic carbocycles. The number of primary amides is 1. The lowest BCUT2D eigenvalue weighted by molar-refractivity contribution is 0.0994. The van der Waals surface area contributed by atoms with Gasteiger partial charge in [-0.2, -0.15) is 5.10 Å². The molecule has 82 valence electrons. The highest BCUT2D eigenvalue weighted by Gasteiger charge is 2.21. The Bertz CT molecular complexity index is 373. The molecule has 0 fully saturated rings. The largest absolute Gasteiger partial charge is 0.474 e. The number of hydrogen-bond donors (Lipinski definition) is 1. The minimum Gasteiger partial charge on any atom is -0.474 e. The van der Waals surface area contributed by atoms with Gasteiger partial charge in [0, 0.05) is 19.0 Å². The molecular weight excluding hydrogens is 194 g/mol. The van der Waals surface area contributed by atoms with Crippen molar-refractivity contribution >= 4 is 5.91 Å². The third-order valence-electron chi connectivity index (χ3n) is 2.56. The van der Waals surface area contributed by atoms with Crippen LogP contribution < -0.4 is 10.5 Å². The first-order valence-electron chi connectivity index (χ1n) is 5.25. The normalized spacial score (nSPS) is 19.4. The van der Waals surface area contributed by atoms with E-state index in [1.54, 1.807) is 10.7 Å². The van der Waals surface area contributed by atoms with Crippen LogP contribution in [0.5, 0.6) is 5.88 Å². The van der Waals surface area contributed by atoms with Crippen molar-refractivity contribution < 1.29 is 9.53 Å². The van der Waals surface area contributed by atoms with E-state index in [-0.39, 0.29) is 11.8 Å². The highest BCUT2D eigenvalue weighted by Crippen LogP contribution is 2.23. The van der Waals surface area contributed by atoms with E-state index < -0.39 is 5.91 Å². The van der Waals surface area contributed by atoms with Gasteiger partial charge in [0.1, 0.15) is 6.10 Å². The van der Waals surface area contributed by atoms with Crippen LogP contribution in [0.1, 0.15) is 36.7 Å². The molecule has 1 aliphatic rings. The van der Waals surface area contributed by atoms with E-state index in [9.17, 15) is 4.79 Å². The summed E-state index contributed by atoms with van der Waals surface area (Å²) >= 11 is 0. The van der Waals surface area contributed by atoms with E-state index in [1.807, 2.05) is 0 Å². The Morgan fingerprint density at radius 2 is 2.60 bits per heavy atom. The van der Waals surface area contributed by atoms with Gasteiger partial charge >= 0.3 is 0 Å². The smallest absolute Gasteiger partial charge is 0.269 e. The van der Waals surface area contributed by atoms with E-state index in [1.165, 1.54) is 0 Å². The molecule has 0 saturated heterocycles. The molecule has 5 nitrogen and oxygen atoms in total. The monoisotopic (exact) mass is 209 g/mol. The number of rotatable bonds is 3. The average Bonchev–Trinajstić information content (AvgIpc) is 2.61. The molecule has 0 radical (unpaired) electrons. The van der Waals surface area contributed by atoms with Crippen LogP contribution in [0.4, 0.5) is 0 Å². The molecule has 2 heterocycles. The highest BCUT2D eigenvalue weighted by atomic mass is 16.5. The number of ether oxygens (including phenoxy) is 1. The number of carbonyl (C=O) groups is 1. The minimum atomic E-state index is -0.507. The second kappa shape index (κ2) is 3.92. The van der Waals surface area contributed by atoms with Crippen LogP contribution in [0.25, 0.3) is 0 Å². The zero-order valence-electron chi connectivity index (χ0n) is 8.77.